The van der Waals surface area contributed by atoms with Gasteiger partial charge in [0.2, 0.25) is 0 Å². The number of ether oxygens (including phenoxy) is 2. The number of nitrogens with zero attached hydrogens (tertiary/aromatic N) is 4. The van der Waals surface area contributed by atoms with Crippen molar-refractivity contribution < 1.29 is 9.47 Å². The van der Waals surface area contributed by atoms with Crippen LogP contribution in [0, 0.1) is 6.92 Å². The summed E-state index contributed by atoms with van der Waals surface area (Å²) in [5.74, 6) is 1.68. The van der Waals surface area contributed by atoms with Crippen molar-refractivity contribution in [2.75, 3.05) is 45.9 Å². The van der Waals surface area contributed by atoms with Crippen LogP contribution in [-0.4, -0.2) is 71.6 Å². The lowest BCUT2D eigenvalue weighted by molar-refractivity contribution is 0.0401. The van der Waals surface area contributed by atoms with E-state index in [4.69, 9.17) is 14.6 Å². The first-order chi connectivity index (χ1) is 19.1. The number of piperazine rings is 1. The van der Waals surface area contributed by atoms with Crippen molar-refractivity contribution in [1.82, 2.24) is 19.6 Å². The average molecular weight is 525 g/mol. The predicted molar refractivity (Wildman–Crippen MR) is 155 cm³/mol. The minimum absolute atomic E-state index is 0.00777. The second-order valence-electron chi connectivity index (χ2n) is 10.6. The van der Waals surface area contributed by atoms with E-state index in [1.165, 1.54) is 5.56 Å². The van der Waals surface area contributed by atoms with Gasteiger partial charge in [-0.15, -0.1) is 0 Å². The van der Waals surface area contributed by atoms with E-state index in [9.17, 15) is 4.79 Å². The fourth-order valence-corrected chi connectivity index (χ4v) is 5.54. The van der Waals surface area contributed by atoms with E-state index in [-0.39, 0.29) is 11.7 Å². The van der Waals surface area contributed by atoms with Crippen molar-refractivity contribution in [3.63, 3.8) is 0 Å². The number of hydrogen-bond acceptors (Lipinski definition) is 6. The standard InChI is InChI=1S/C32H36N4O3/c1-24-12-14-25(15-13-24)31-27-8-2-3-9-28(27)32(37)36(33-31)17-7-6-16-34-18-20-35(21-19-34)22-26-23-38-29-10-4-5-11-30(29)39-26/h2-5,8-15,26H,6-7,16-23H2,1H3. The molecule has 1 fully saturated rings. The molecule has 7 heteroatoms. The highest BCUT2D eigenvalue weighted by Crippen LogP contribution is 2.31. The SMILES string of the molecule is Cc1ccc(-c2nn(CCCCN3CCN(CC4COc5ccccc5O4)CC3)c(=O)c3ccccc23)cc1. The summed E-state index contributed by atoms with van der Waals surface area (Å²) < 4.78 is 13.7. The predicted octanol–water partition coefficient (Wildman–Crippen LogP) is 4.61. The fourth-order valence-electron chi connectivity index (χ4n) is 5.54. The van der Waals surface area contributed by atoms with Gasteiger partial charge < -0.3 is 14.4 Å². The van der Waals surface area contributed by atoms with Crippen LogP contribution in [-0.2, 0) is 6.54 Å². The summed E-state index contributed by atoms with van der Waals surface area (Å²) in [6, 6.07) is 24.1. The molecule has 39 heavy (non-hydrogen) atoms. The molecule has 3 heterocycles. The summed E-state index contributed by atoms with van der Waals surface area (Å²) in [6.07, 6.45) is 2.03. The van der Waals surface area contributed by atoms with Gasteiger partial charge in [-0.2, -0.15) is 5.10 Å². The zero-order valence-electron chi connectivity index (χ0n) is 22.6. The Balaban J connectivity index is 1.00. The maximum absolute atomic E-state index is 13.2. The molecule has 0 aliphatic carbocycles. The Kier molecular flexibility index (Phi) is 7.61. The van der Waals surface area contributed by atoms with Gasteiger partial charge in [0.15, 0.2) is 11.5 Å². The quantitative estimate of drug-likeness (QED) is 0.314. The van der Waals surface area contributed by atoms with Crippen LogP contribution in [0.5, 0.6) is 11.5 Å². The van der Waals surface area contributed by atoms with Crippen molar-refractivity contribution in [3.8, 4) is 22.8 Å². The number of hydrogen-bond donors (Lipinski definition) is 0. The van der Waals surface area contributed by atoms with Gasteiger partial charge in [0.1, 0.15) is 12.7 Å². The van der Waals surface area contributed by atoms with Crippen molar-refractivity contribution in [1.29, 1.82) is 0 Å². The first-order valence-corrected chi connectivity index (χ1v) is 14.0. The molecule has 6 rings (SSSR count). The van der Waals surface area contributed by atoms with Gasteiger partial charge in [0.25, 0.3) is 5.56 Å². The van der Waals surface area contributed by atoms with E-state index in [0.29, 0.717) is 13.2 Å². The summed E-state index contributed by atoms with van der Waals surface area (Å²) in [5.41, 5.74) is 3.11. The van der Waals surface area contributed by atoms with Crippen LogP contribution >= 0.6 is 0 Å². The Morgan fingerprint density at radius 1 is 0.795 bits per heavy atom. The van der Waals surface area contributed by atoms with Crippen molar-refractivity contribution in [2.24, 2.45) is 0 Å². The largest absolute Gasteiger partial charge is 0.486 e. The van der Waals surface area contributed by atoms with E-state index in [1.807, 2.05) is 48.5 Å². The maximum atomic E-state index is 13.2. The number of aromatic nitrogens is 2. The van der Waals surface area contributed by atoms with Gasteiger partial charge in [0, 0.05) is 50.2 Å². The second kappa shape index (κ2) is 11.6. The molecule has 1 atom stereocenters. The summed E-state index contributed by atoms with van der Waals surface area (Å²) in [4.78, 5) is 18.2. The van der Waals surface area contributed by atoms with Gasteiger partial charge in [-0.3, -0.25) is 9.69 Å². The number of aryl methyl sites for hydroxylation is 2. The zero-order valence-corrected chi connectivity index (χ0v) is 22.6. The van der Waals surface area contributed by atoms with E-state index in [2.05, 4.69) is 41.0 Å². The second-order valence-corrected chi connectivity index (χ2v) is 10.6. The smallest absolute Gasteiger partial charge is 0.274 e. The van der Waals surface area contributed by atoms with Crippen molar-refractivity contribution >= 4 is 10.8 Å². The van der Waals surface area contributed by atoms with E-state index in [1.54, 1.807) is 4.68 Å². The van der Waals surface area contributed by atoms with E-state index in [0.717, 1.165) is 85.6 Å². The van der Waals surface area contributed by atoms with Gasteiger partial charge in [0.05, 0.1) is 11.1 Å². The van der Waals surface area contributed by atoms with E-state index < -0.39 is 0 Å². The molecule has 0 amide bonds. The average Bonchev–Trinajstić information content (AvgIpc) is 2.98. The number of benzene rings is 3. The lowest BCUT2D eigenvalue weighted by Gasteiger charge is -2.37. The first-order valence-electron chi connectivity index (χ1n) is 14.0. The third-order valence-corrected chi connectivity index (χ3v) is 7.78. The molecule has 3 aromatic carbocycles. The van der Waals surface area contributed by atoms with E-state index >= 15 is 0 Å². The fraction of sp³-hybridized carbons (Fsp3) is 0.375. The molecule has 0 bridgehead atoms. The minimum atomic E-state index is -0.00777. The molecule has 1 aromatic heterocycles. The molecule has 1 saturated heterocycles. The Morgan fingerprint density at radius 2 is 1.46 bits per heavy atom. The van der Waals surface area contributed by atoms with Crippen LogP contribution in [0.15, 0.2) is 77.6 Å². The summed E-state index contributed by atoms with van der Waals surface area (Å²) >= 11 is 0. The normalized spacial score (nSPS) is 17.9. The Hall–Kier alpha value is -3.68. The summed E-state index contributed by atoms with van der Waals surface area (Å²) in [5, 5.41) is 6.47. The third kappa shape index (κ3) is 5.84. The van der Waals surface area contributed by atoms with Gasteiger partial charge in [-0.25, -0.2) is 4.68 Å². The molecule has 7 nitrogen and oxygen atoms in total. The van der Waals surface area contributed by atoms with Crippen LogP contribution in [0.1, 0.15) is 18.4 Å². The summed E-state index contributed by atoms with van der Waals surface area (Å²) in [6.45, 7) is 9.41. The molecule has 2 aliphatic heterocycles. The number of fused-ring (bicyclic) bond motifs is 2. The van der Waals surface area contributed by atoms with Gasteiger partial charge in [-0.05, 0) is 44.5 Å². The highest BCUT2D eigenvalue weighted by molar-refractivity contribution is 5.93. The topological polar surface area (TPSA) is 59.8 Å². The molecule has 0 spiro atoms. The Bertz CT molecular complexity index is 1480. The molecule has 0 N–H and O–H groups in total. The molecule has 202 valence electrons. The number of rotatable bonds is 8. The number of para-hydroxylation sites is 2. The highest BCUT2D eigenvalue weighted by atomic mass is 16.6. The van der Waals surface area contributed by atoms with Crippen LogP contribution in [0.3, 0.4) is 0 Å². The maximum Gasteiger partial charge on any atom is 0.274 e. The molecule has 0 radical (unpaired) electrons. The molecule has 1 unspecified atom stereocenters. The lowest BCUT2D eigenvalue weighted by atomic mass is 10.0. The van der Waals surface area contributed by atoms with Crippen molar-refractivity contribution in [2.45, 2.75) is 32.4 Å². The molecule has 0 saturated carbocycles. The van der Waals surface area contributed by atoms with Crippen LogP contribution < -0.4 is 15.0 Å². The van der Waals surface area contributed by atoms with Crippen LogP contribution in [0.25, 0.3) is 22.0 Å². The third-order valence-electron chi connectivity index (χ3n) is 7.78. The van der Waals surface area contributed by atoms with Gasteiger partial charge >= 0.3 is 0 Å². The summed E-state index contributed by atoms with van der Waals surface area (Å²) in [7, 11) is 0. The minimum Gasteiger partial charge on any atom is -0.486 e. The number of unbranched alkanes of at least 4 members (excludes halogenated alkanes) is 1. The Morgan fingerprint density at radius 3 is 2.26 bits per heavy atom. The molecular weight excluding hydrogens is 488 g/mol. The first kappa shape index (κ1) is 25.6. The Labute approximate surface area is 229 Å². The zero-order chi connectivity index (χ0) is 26.6. The molecule has 4 aromatic rings. The molecular formula is C32H36N4O3. The highest BCUT2D eigenvalue weighted by Gasteiger charge is 2.25. The van der Waals surface area contributed by atoms with Crippen molar-refractivity contribution in [3.05, 3.63) is 88.7 Å². The van der Waals surface area contributed by atoms with Crippen LogP contribution in [0.2, 0.25) is 0 Å². The monoisotopic (exact) mass is 524 g/mol. The lowest BCUT2D eigenvalue weighted by Crippen LogP contribution is -2.50. The molecule has 2 aliphatic rings. The van der Waals surface area contributed by atoms with Crippen LogP contribution in [0.4, 0.5) is 0 Å². The van der Waals surface area contributed by atoms with Gasteiger partial charge in [-0.1, -0.05) is 60.2 Å².